The molecule has 1 saturated heterocycles. The van der Waals surface area contributed by atoms with Gasteiger partial charge < -0.3 is 15.1 Å². The molecule has 0 aliphatic carbocycles. The molecule has 132 valence electrons. The molecule has 0 aromatic carbocycles. The topological polar surface area (TPSA) is 47.9 Å². The van der Waals surface area contributed by atoms with Crippen molar-refractivity contribution in [3.05, 3.63) is 21.9 Å². The standard InChI is InChI=1S/C18H28N4OS/c1-18(2)7-10-22(13-18)17(19-3)20-8-4-16(23)21-9-5-15-14(12-21)6-11-24-15/h6,11H,4-5,7-10,12-13H2,1-3H3,(H,19,20). The van der Waals surface area contributed by atoms with Crippen molar-refractivity contribution in [3.8, 4) is 0 Å². The maximum absolute atomic E-state index is 12.5. The number of amides is 1. The Kier molecular flexibility index (Phi) is 5.13. The van der Waals surface area contributed by atoms with Gasteiger partial charge in [0.2, 0.25) is 5.91 Å². The van der Waals surface area contributed by atoms with Crippen LogP contribution in [0.1, 0.15) is 37.1 Å². The Hall–Kier alpha value is -1.56. The van der Waals surface area contributed by atoms with Crippen molar-refractivity contribution in [3.63, 3.8) is 0 Å². The number of guanidine groups is 1. The molecule has 1 aromatic heterocycles. The molecular weight excluding hydrogens is 320 g/mol. The van der Waals surface area contributed by atoms with Crippen LogP contribution < -0.4 is 5.32 Å². The normalized spacial score (nSPS) is 20.2. The fraction of sp³-hybridized carbons (Fsp3) is 0.667. The third kappa shape index (κ3) is 3.91. The van der Waals surface area contributed by atoms with Crippen LogP contribution in [0, 0.1) is 5.41 Å². The van der Waals surface area contributed by atoms with E-state index in [9.17, 15) is 4.79 Å². The molecule has 24 heavy (non-hydrogen) atoms. The number of aliphatic imine (C=N–C) groups is 1. The van der Waals surface area contributed by atoms with Gasteiger partial charge in [0.1, 0.15) is 0 Å². The maximum Gasteiger partial charge on any atom is 0.224 e. The maximum atomic E-state index is 12.5. The number of carbonyl (C=O) groups excluding carboxylic acids is 1. The summed E-state index contributed by atoms with van der Waals surface area (Å²) >= 11 is 1.81. The lowest BCUT2D eigenvalue weighted by molar-refractivity contribution is -0.131. The highest BCUT2D eigenvalue weighted by Gasteiger charge is 2.31. The van der Waals surface area contributed by atoms with Crippen LogP contribution in [0.15, 0.2) is 16.4 Å². The Morgan fingerprint density at radius 3 is 2.92 bits per heavy atom. The molecule has 0 radical (unpaired) electrons. The zero-order valence-corrected chi connectivity index (χ0v) is 15.8. The van der Waals surface area contributed by atoms with Gasteiger partial charge in [-0.15, -0.1) is 11.3 Å². The van der Waals surface area contributed by atoms with Crippen LogP contribution in [-0.4, -0.2) is 54.9 Å². The van der Waals surface area contributed by atoms with Gasteiger partial charge >= 0.3 is 0 Å². The lowest BCUT2D eigenvalue weighted by Gasteiger charge is -2.28. The average Bonchev–Trinajstić information content (AvgIpc) is 3.16. The van der Waals surface area contributed by atoms with E-state index in [0.29, 0.717) is 18.4 Å². The Labute approximate surface area is 148 Å². The molecule has 0 unspecified atom stereocenters. The molecule has 5 nitrogen and oxygen atoms in total. The summed E-state index contributed by atoms with van der Waals surface area (Å²) in [5.74, 6) is 1.16. The van der Waals surface area contributed by atoms with Crippen LogP contribution in [0.3, 0.4) is 0 Å². The predicted molar refractivity (Wildman–Crippen MR) is 99.4 cm³/mol. The summed E-state index contributed by atoms with van der Waals surface area (Å²) < 4.78 is 0. The summed E-state index contributed by atoms with van der Waals surface area (Å²) in [5, 5.41) is 5.49. The zero-order valence-electron chi connectivity index (χ0n) is 15.0. The van der Waals surface area contributed by atoms with E-state index in [2.05, 4.69) is 40.5 Å². The Morgan fingerprint density at radius 2 is 2.21 bits per heavy atom. The third-order valence-corrected chi connectivity index (χ3v) is 5.99. The molecule has 0 atom stereocenters. The van der Waals surface area contributed by atoms with E-state index in [1.54, 1.807) is 11.3 Å². The summed E-state index contributed by atoms with van der Waals surface area (Å²) in [5.41, 5.74) is 1.67. The van der Waals surface area contributed by atoms with Crippen molar-refractivity contribution >= 4 is 23.2 Å². The Bertz CT molecular complexity index is 622. The van der Waals surface area contributed by atoms with Gasteiger partial charge in [-0.1, -0.05) is 13.8 Å². The number of thiophene rings is 1. The Balaban J connectivity index is 1.45. The van der Waals surface area contributed by atoms with E-state index in [-0.39, 0.29) is 5.91 Å². The number of rotatable bonds is 3. The minimum absolute atomic E-state index is 0.233. The van der Waals surface area contributed by atoms with Gasteiger partial charge in [0.25, 0.3) is 0 Å². The molecule has 0 bridgehead atoms. The van der Waals surface area contributed by atoms with E-state index >= 15 is 0 Å². The number of nitrogens with one attached hydrogen (secondary N) is 1. The van der Waals surface area contributed by atoms with Crippen LogP contribution in [-0.2, 0) is 17.8 Å². The molecule has 3 rings (SSSR count). The Morgan fingerprint density at radius 1 is 1.38 bits per heavy atom. The number of carbonyl (C=O) groups is 1. The summed E-state index contributed by atoms with van der Waals surface area (Å²) in [6.45, 7) is 8.91. The van der Waals surface area contributed by atoms with E-state index in [0.717, 1.165) is 38.6 Å². The van der Waals surface area contributed by atoms with Gasteiger partial charge in [-0.2, -0.15) is 0 Å². The third-order valence-electron chi connectivity index (χ3n) is 4.97. The molecule has 6 heteroatoms. The van der Waals surface area contributed by atoms with Crippen LogP contribution >= 0.6 is 11.3 Å². The number of likely N-dealkylation sites (tertiary alicyclic amines) is 1. The average molecular weight is 349 g/mol. The number of hydrogen-bond acceptors (Lipinski definition) is 3. The highest BCUT2D eigenvalue weighted by atomic mass is 32.1. The van der Waals surface area contributed by atoms with Crippen LogP contribution in [0.2, 0.25) is 0 Å². The largest absolute Gasteiger partial charge is 0.356 e. The van der Waals surface area contributed by atoms with Crippen molar-refractivity contribution in [2.75, 3.05) is 33.2 Å². The first-order chi connectivity index (χ1) is 11.5. The predicted octanol–water partition coefficient (Wildman–Crippen LogP) is 2.33. The van der Waals surface area contributed by atoms with Gasteiger partial charge in [-0.3, -0.25) is 9.79 Å². The second-order valence-corrected chi connectivity index (χ2v) is 8.49. The van der Waals surface area contributed by atoms with Crippen molar-refractivity contribution in [2.45, 2.75) is 39.7 Å². The van der Waals surface area contributed by atoms with E-state index in [1.807, 2.05) is 11.9 Å². The van der Waals surface area contributed by atoms with Gasteiger partial charge in [0.15, 0.2) is 5.96 Å². The number of nitrogens with zero attached hydrogens (tertiary/aromatic N) is 3. The minimum Gasteiger partial charge on any atom is -0.356 e. The zero-order chi connectivity index (χ0) is 17.2. The SMILES string of the molecule is CN=C(NCCC(=O)N1CCc2sccc2C1)N1CCC(C)(C)C1. The summed E-state index contributed by atoms with van der Waals surface area (Å²) in [6.07, 6.45) is 2.70. The summed E-state index contributed by atoms with van der Waals surface area (Å²) in [6, 6.07) is 2.15. The fourth-order valence-electron chi connectivity index (χ4n) is 3.53. The quantitative estimate of drug-likeness (QED) is 0.674. The lowest BCUT2D eigenvalue weighted by atomic mass is 9.93. The van der Waals surface area contributed by atoms with Gasteiger partial charge in [0, 0.05) is 51.1 Å². The van der Waals surface area contributed by atoms with Gasteiger partial charge in [0.05, 0.1) is 0 Å². The van der Waals surface area contributed by atoms with Crippen LogP contribution in [0.25, 0.3) is 0 Å². The molecule has 1 N–H and O–H groups in total. The van der Waals surface area contributed by atoms with Crippen molar-refractivity contribution in [2.24, 2.45) is 10.4 Å². The minimum atomic E-state index is 0.233. The molecule has 1 amide bonds. The van der Waals surface area contributed by atoms with Crippen LogP contribution in [0.5, 0.6) is 0 Å². The summed E-state index contributed by atoms with van der Waals surface area (Å²) in [7, 11) is 1.82. The molecule has 0 spiro atoms. The fourth-order valence-corrected chi connectivity index (χ4v) is 4.42. The first-order valence-corrected chi connectivity index (χ1v) is 9.65. The molecule has 3 heterocycles. The van der Waals surface area contributed by atoms with Crippen molar-refractivity contribution < 1.29 is 4.79 Å². The second-order valence-electron chi connectivity index (χ2n) is 7.49. The number of fused-ring (bicyclic) bond motifs is 1. The molecular formula is C18H28N4OS. The lowest BCUT2D eigenvalue weighted by Crippen LogP contribution is -2.43. The van der Waals surface area contributed by atoms with E-state index in [4.69, 9.17) is 0 Å². The van der Waals surface area contributed by atoms with Crippen molar-refractivity contribution in [1.29, 1.82) is 0 Å². The number of hydrogen-bond donors (Lipinski definition) is 1. The summed E-state index contributed by atoms with van der Waals surface area (Å²) in [4.78, 5) is 22.6. The first-order valence-electron chi connectivity index (χ1n) is 8.77. The van der Waals surface area contributed by atoms with Crippen molar-refractivity contribution in [1.82, 2.24) is 15.1 Å². The smallest absolute Gasteiger partial charge is 0.224 e. The second kappa shape index (κ2) is 7.13. The molecule has 2 aliphatic rings. The molecule has 1 aromatic rings. The highest BCUT2D eigenvalue weighted by molar-refractivity contribution is 7.10. The van der Waals surface area contributed by atoms with Gasteiger partial charge in [-0.25, -0.2) is 0 Å². The first kappa shape index (κ1) is 17.3. The molecule has 1 fully saturated rings. The van der Waals surface area contributed by atoms with Gasteiger partial charge in [-0.05, 0) is 35.3 Å². The highest BCUT2D eigenvalue weighted by Crippen LogP contribution is 2.28. The van der Waals surface area contributed by atoms with Crippen LogP contribution in [0.4, 0.5) is 0 Å². The molecule has 2 aliphatic heterocycles. The van der Waals surface area contributed by atoms with E-state index in [1.165, 1.54) is 16.9 Å². The van der Waals surface area contributed by atoms with E-state index < -0.39 is 0 Å². The molecule has 0 saturated carbocycles. The monoisotopic (exact) mass is 348 g/mol.